The Hall–Kier alpha value is -2.78. The van der Waals surface area contributed by atoms with Crippen molar-refractivity contribution in [3.63, 3.8) is 0 Å². The first kappa shape index (κ1) is 20.5. The number of carbonyl (C=O) groups excluding carboxylic acids is 1. The lowest BCUT2D eigenvalue weighted by molar-refractivity contribution is -0.307. The lowest BCUT2D eigenvalue weighted by Crippen LogP contribution is -2.29. The summed E-state index contributed by atoms with van der Waals surface area (Å²) in [6, 6.07) is 10.8. The van der Waals surface area contributed by atoms with Gasteiger partial charge in [0.2, 0.25) is 10.0 Å². The molecule has 9 heteroatoms. The molecule has 2 rings (SSSR count). The predicted molar refractivity (Wildman–Crippen MR) is 95.4 cm³/mol. The molecule has 0 aliphatic rings. The fourth-order valence-electron chi connectivity index (χ4n) is 2.31. The molecule has 0 atom stereocenters. The van der Waals surface area contributed by atoms with Crippen molar-refractivity contribution in [1.82, 2.24) is 4.72 Å². The second-order valence-electron chi connectivity index (χ2n) is 5.47. The summed E-state index contributed by atoms with van der Waals surface area (Å²) < 4.78 is 42.5. The molecule has 0 amide bonds. The van der Waals surface area contributed by atoms with Gasteiger partial charge in [-0.3, -0.25) is 0 Å². The van der Waals surface area contributed by atoms with Crippen LogP contribution >= 0.6 is 0 Å². The molecule has 0 bridgehead atoms. The fraction of sp³-hybridized carbons (Fsp3) is 0.278. The van der Waals surface area contributed by atoms with Crippen LogP contribution in [0.1, 0.15) is 5.56 Å². The van der Waals surface area contributed by atoms with E-state index in [0.29, 0.717) is 17.9 Å². The van der Waals surface area contributed by atoms with E-state index >= 15 is 0 Å². The lowest BCUT2D eigenvalue weighted by atomic mass is 10.1. The van der Waals surface area contributed by atoms with E-state index in [1.165, 1.54) is 31.4 Å². The van der Waals surface area contributed by atoms with Gasteiger partial charge in [0.25, 0.3) is 0 Å². The summed E-state index contributed by atoms with van der Waals surface area (Å²) >= 11 is 0. The SMILES string of the molecule is COc1ccc(CCNS(=O)(=O)c2ccc(OCC(=O)[O-])cc2)cc1OC. The van der Waals surface area contributed by atoms with Crippen molar-refractivity contribution in [2.45, 2.75) is 11.3 Å². The lowest BCUT2D eigenvalue weighted by Gasteiger charge is -2.11. The quantitative estimate of drug-likeness (QED) is 0.619. The van der Waals surface area contributed by atoms with E-state index in [1.807, 2.05) is 6.07 Å². The van der Waals surface area contributed by atoms with E-state index in [4.69, 9.17) is 14.2 Å². The van der Waals surface area contributed by atoms with Crippen LogP contribution in [0.3, 0.4) is 0 Å². The molecule has 0 heterocycles. The largest absolute Gasteiger partial charge is 0.546 e. The van der Waals surface area contributed by atoms with Gasteiger partial charge < -0.3 is 24.1 Å². The number of ether oxygens (including phenoxy) is 3. The van der Waals surface area contributed by atoms with Crippen molar-refractivity contribution in [3.8, 4) is 17.2 Å². The number of benzene rings is 2. The van der Waals surface area contributed by atoms with Gasteiger partial charge in [-0.15, -0.1) is 0 Å². The van der Waals surface area contributed by atoms with Crippen LogP contribution in [0.2, 0.25) is 0 Å². The summed E-state index contributed by atoms with van der Waals surface area (Å²) in [6.45, 7) is -0.406. The molecule has 0 spiro atoms. The van der Waals surface area contributed by atoms with Gasteiger partial charge in [-0.2, -0.15) is 0 Å². The van der Waals surface area contributed by atoms with Crippen LogP contribution in [0.4, 0.5) is 0 Å². The van der Waals surface area contributed by atoms with E-state index in [2.05, 4.69) is 4.72 Å². The summed E-state index contributed by atoms with van der Waals surface area (Å²) in [4.78, 5) is 10.4. The molecule has 0 unspecified atom stereocenters. The second kappa shape index (κ2) is 9.24. The average molecular weight is 394 g/mol. The number of sulfonamides is 1. The maximum Gasteiger partial charge on any atom is 0.240 e. The number of hydrogen-bond donors (Lipinski definition) is 1. The van der Waals surface area contributed by atoms with Crippen LogP contribution in [0.15, 0.2) is 47.4 Å². The van der Waals surface area contributed by atoms with Gasteiger partial charge in [-0.1, -0.05) is 6.07 Å². The van der Waals surface area contributed by atoms with Gasteiger partial charge in [-0.25, -0.2) is 13.1 Å². The molecule has 0 aliphatic heterocycles. The van der Waals surface area contributed by atoms with Crippen LogP contribution < -0.4 is 24.0 Å². The second-order valence-corrected chi connectivity index (χ2v) is 7.24. The van der Waals surface area contributed by atoms with Gasteiger partial charge in [-0.05, 0) is 48.4 Å². The van der Waals surface area contributed by atoms with Gasteiger partial charge in [0.15, 0.2) is 11.5 Å². The zero-order valence-electron chi connectivity index (χ0n) is 14.9. The number of carboxylic acids is 1. The first-order valence-corrected chi connectivity index (χ1v) is 9.47. The Bertz CT molecular complexity index is 879. The van der Waals surface area contributed by atoms with Crippen molar-refractivity contribution in [1.29, 1.82) is 0 Å². The Kier molecular flexibility index (Phi) is 7.03. The number of methoxy groups -OCH3 is 2. The van der Waals surface area contributed by atoms with Crippen LogP contribution in [0.5, 0.6) is 17.2 Å². The predicted octanol–water partition coefficient (Wildman–Crippen LogP) is 0.353. The van der Waals surface area contributed by atoms with Gasteiger partial charge >= 0.3 is 0 Å². The maximum absolute atomic E-state index is 12.3. The number of aliphatic carboxylic acids is 1. The van der Waals surface area contributed by atoms with Crippen molar-refractivity contribution >= 4 is 16.0 Å². The highest BCUT2D eigenvalue weighted by Crippen LogP contribution is 2.27. The van der Waals surface area contributed by atoms with Crippen LogP contribution in [0, 0.1) is 0 Å². The molecule has 8 nitrogen and oxygen atoms in total. The average Bonchev–Trinajstić information content (AvgIpc) is 2.66. The van der Waals surface area contributed by atoms with Crippen molar-refractivity contribution in [2.24, 2.45) is 0 Å². The Balaban J connectivity index is 1.95. The van der Waals surface area contributed by atoms with Crippen LogP contribution in [0.25, 0.3) is 0 Å². The third kappa shape index (κ3) is 5.87. The standard InChI is InChI=1S/C18H21NO7S/c1-24-16-8-3-13(11-17(16)25-2)9-10-19-27(22,23)15-6-4-14(5-7-15)26-12-18(20)21/h3-8,11,19H,9-10,12H2,1-2H3,(H,20,21)/p-1. The van der Waals surface area contributed by atoms with E-state index in [-0.39, 0.29) is 17.2 Å². The summed E-state index contributed by atoms with van der Waals surface area (Å²) in [5.41, 5.74) is 0.890. The summed E-state index contributed by atoms with van der Waals surface area (Å²) in [5.74, 6) is 0.0554. The van der Waals surface area contributed by atoms with E-state index in [9.17, 15) is 18.3 Å². The molecule has 0 saturated heterocycles. The maximum atomic E-state index is 12.3. The number of rotatable bonds is 10. The minimum atomic E-state index is -3.70. The normalized spacial score (nSPS) is 11.0. The molecule has 1 N–H and O–H groups in total. The third-order valence-electron chi connectivity index (χ3n) is 3.64. The van der Waals surface area contributed by atoms with Crippen molar-refractivity contribution in [2.75, 3.05) is 27.4 Å². The zero-order chi connectivity index (χ0) is 19.9. The molecule has 0 aromatic heterocycles. The Morgan fingerprint density at radius 1 is 1.04 bits per heavy atom. The van der Waals surface area contributed by atoms with Gasteiger partial charge in [0.1, 0.15) is 12.4 Å². The molecule has 27 heavy (non-hydrogen) atoms. The molecular weight excluding hydrogens is 374 g/mol. The highest BCUT2D eigenvalue weighted by Gasteiger charge is 2.14. The zero-order valence-corrected chi connectivity index (χ0v) is 15.7. The summed E-state index contributed by atoms with van der Waals surface area (Å²) in [5, 5.41) is 10.4. The van der Waals surface area contributed by atoms with Gasteiger partial charge in [0.05, 0.1) is 25.1 Å². The Morgan fingerprint density at radius 2 is 1.70 bits per heavy atom. The topological polar surface area (TPSA) is 114 Å². The summed E-state index contributed by atoms with van der Waals surface area (Å²) in [7, 11) is -0.623. The van der Waals surface area contributed by atoms with Crippen LogP contribution in [-0.4, -0.2) is 41.8 Å². The summed E-state index contributed by atoms with van der Waals surface area (Å²) in [6.07, 6.45) is 0.465. The molecule has 146 valence electrons. The number of hydrogen-bond acceptors (Lipinski definition) is 7. The Labute approximate surface area is 157 Å². The van der Waals surface area contributed by atoms with E-state index in [0.717, 1.165) is 5.56 Å². The molecule has 0 aliphatic carbocycles. The molecule has 2 aromatic rings. The van der Waals surface area contributed by atoms with Crippen molar-refractivity contribution in [3.05, 3.63) is 48.0 Å². The smallest absolute Gasteiger partial charge is 0.240 e. The highest BCUT2D eigenvalue weighted by molar-refractivity contribution is 7.89. The minimum absolute atomic E-state index is 0.0515. The number of carbonyl (C=O) groups is 1. The number of nitrogens with one attached hydrogen (secondary N) is 1. The van der Waals surface area contributed by atoms with E-state index < -0.39 is 22.6 Å². The molecule has 0 fully saturated rings. The van der Waals surface area contributed by atoms with Crippen molar-refractivity contribution < 1.29 is 32.5 Å². The van der Waals surface area contributed by atoms with Crippen LogP contribution in [-0.2, 0) is 21.2 Å². The molecule has 0 saturated carbocycles. The highest BCUT2D eigenvalue weighted by atomic mass is 32.2. The first-order valence-electron chi connectivity index (χ1n) is 7.99. The molecule has 2 aromatic carbocycles. The molecule has 0 radical (unpaired) electrons. The Morgan fingerprint density at radius 3 is 2.30 bits per heavy atom. The first-order chi connectivity index (χ1) is 12.9. The minimum Gasteiger partial charge on any atom is -0.546 e. The number of carboxylic acid groups (broad SMARTS) is 1. The monoisotopic (exact) mass is 394 g/mol. The van der Waals surface area contributed by atoms with Gasteiger partial charge in [0, 0.05) is 6.54 Å². The molecular formula is C18H20NO7S-. The van der Waals surface area contributed by atoms with E-state index in [1.54, 1.807) is 19.2 Å². The third-order valence-corrected chi connectivity index (χ3v) is 5.12. The fourth-order valence-corrected chi connectivity index (χ4v) is 3.34.